The summed E-state index contributed by atoms with van der Waals surface area (Å²) in [7, 11) is 0. The fourth-order valence-electron chi connectivity index (χ4n) is 3.56. The van der Waals surface area contributed by atoms with E-state index in [4.69, 9.17) is 11.6 Å². The number of amides is 1. The lowest BCUT2D eigenvalue weighted by molar-refractivity contribution is -0.384. The first kappa shape index (κ1) is 21.2. The van der Waals surface area contributed by atoms with E-state index in [9.17, 15) is 29.2 Å². The van der Waals surface area contributed by atoms with Crippen molar-refractivity contribution in [2.45, 2.75) is 6.04 Å². The molecule has 1 aliphatic heterocycles. The number of nitro groups is 1. The highest BCUT2D eigenvalue weighted by molar-refractivity contribution is 6.51. The molecule has 32 heavy (non-hydrogen) atoms. The van der Waals surface area contributed by atoms with Gasteiger partial charge in [0, 0.05) is 28.4 Å². The zero-order valence-corrected chi connectivity index (χ0v) is 17.0. The van der Waals surface area contributed by atoms with E-state index in [1.807, 2.05) is 0 Å². The molecule has 1 unspecified atom stereocenters. The van der Waals surface area contributed by atoms with Gasteiger partial charge in [-0.05, 0) is 66.2 Å². The van der Waals surface area contributed by atoms with Crippen LogP contribution in [-0.2, 0) is 9.59 Å². The summed E-state index contributed by atoms with van der Waals surface area (Å²) in [6.07, 6.45) is 0. The maximum Gasteiger partial charge on any atom is 0.300 e. The van der Waals surface area contributed by atoms with E-state index in [2.05, 4.69) is 0 Å². The highest BCUT2D eigenvalue weighted by Crippen LogP contribution is 2.42. The lowest BCUT2D eigenvalue weighted by Gasteiger charge is -2.25. The number of carbonyl (C=O) groups is 2. The van der Waals surface area contributed by atoms with E-state index >= 15 is 0 Å². The number of carbonyl (C=O) groups excluding carboxylic acids is 2. The molecular weight excluding hydrogens is 439 g/mol. The van der Waals surface area contributed by atoms with E-state index in [0.29, 0.717) is 10.6 Å². The Morgan fingerprint density at radius 3 is 2.12 bits per heavy atom. The molecule has 0 saturated carbocycles. The predicted octanol–water partition coefficient (Wildman–Crippen LogP) is 5.01. The van der Waals surface area contributed by atoms with E-state index < -0.39 is 34.2 Å². The molecule has 4 rings (SSSR count). The Bertz CT molecular complexity index is 1260. The Morgan fingerprint density at radius 1 is 0.969 bits per heavy atom. The molecule has 0 aromatic heterocycles. The van der Waals surface area contributed by atoms with Crippen molar-refractivity contribution in [3.05, 3.63) is 110 Å². The number of nitrogens with zero attached hydrogens (tertiary/aromatic N) is 2. The van der Waals surface area contributed by atoms with Crippen molar-refractivity contribution in [3.8, 4) is 0 Å². The number of hydrogen-bond acceptors (Lipinski definition) is 5. The van der Waals surface area contributed by atoms with Gasteiger partial charge in [0.05, 0.1) is 16.5 Å². The SMILES string of the molecule is O=C1C(=O)N(c2ccc(F)cc2)C(c2ccc([N+](=O)[O-])cc2)/C1=C(\O)c1ccc(Cl)cc1. The molecule has 7 nitrogen and oxygen atoms in total. The van der Waals surface area contributed by atoms with Crippen LogP contribution < -0.4 is 4.90 Å². The summed E-state index contributed by atoms with van der Waals surface area (Å²) >= 11 is 5.90. The van der Waals surface area contributed by atoms with Crippen molar-refractivity contribution in [2.75, 3.05) is 4.90 Å². The molecule has 0 spiro atoms. The van der Waals surface area contributed by atoms with Gasteiger partial charge in [-0.25, -0.2) is 4.39 Å². The van der Waals surface area contributed by atoms with Crippen LogP contribution in [0.15, 0.2) is 78.4 Å². The number of anilines is 1. The molecule has 1 N–H and O–H groups in total. The summed E-state index contributed by atoms with van der Waals surface area (Å²) in [6.45, 7) is 0. The number of halogens is 2. The zero-order valence-electron chi connectivity index (χ0n) is 16.2. The summed E-state index contributed by atoms with van der Waals surface area (Å²) < 4.78 is 13.5. The van der Waals surface area contributed by atoms with E-state index in [1.54, 1.807) is 0 Å². The van der Waals surface area contributed by atoms with Crippen molar-refractivity contribution in [3.63, 3.8) is 0 Å². The Balaban J connectivity index is 1.92. The molecule has 9 heteroatoms. The van der Waals surface area contributed by atoms with Crippen molar-refractivity contribution in [1.82, 2.24) is 0 Å². The van der Waals surface area contributed by atoms with Crippen LogP contribution in [0.3, 0.4) is 0 Å². The summed E-state index contributed by atoms with van der Waals surface area (Å²) in [4.78, 5) is 37.5. The third-order valence-electron chi connectivity index (χ3n) is 5.09. The monoisotopic (exact) mass is 452 g/mol. The molecule has 0 aliphatic carbocycles. The number of aliphatic hydroxyl groups excluding tert-OH is 1. The van der Waals surface area contributed by atoms with Crippen LogP contribution in [0.1, 0.15) is 17.2 Å². The van der Waals surface area contributed by atoms with Crippen LogP contribution in [-0.4, -0.2) is 21.7 Å². The Labute approximate surface area is 186 Å². The van der Waals surface area contributed by atoms with Crippen LogP contribution in [0.5, 0.6) is 0 Å². The second kappa shape index (κ2) is 8.24. The molecular formula is C23H14ClFN2O5. The number of rotatable bonds is 4. The van der Waals surface area contributed by atoms with Gasteiger partial charge >= 0.3 is 0 Å². The fraction of sp³-hybridized carbons (Fsp3) is 0.0435. The average molecular weight is 453 g/mol. The number of aliphatic hydroxyl groups is 1. The van der Waals surface area contributed by atoms with Crippen LogP contribution in [0, 0.1) is 15.9 Å². The molecule has 0 radical (unpaired) electrons. The standard InChI is InChI=1S/C23H14ClFN2O5/c24-15-5-1-14(2-6-15)21(28)19-20(13-3-9-18(10-4-13)27(31)32)26(23(30)22(19)29)17-11-7-16(25)8-12-17/h1-12,20,28H/b21-19+. The predicted molar refractivity (Wildman–Crippen MR) is 116 cm³/mol. The number of hydrogen-bond donors (Lipinski definition) is 1. The summed E-state index contributed by atoms with van der Waals surface area (Å²) in [5.74, 6) is -2.81. The minimum atomic E-state index is -1.09. The number of benzene rings is 3. The number of non-ortho nitro benzene ring substituents is 1. The minimum absolute atomic E-state index is 0.176. The minimum Gasteiger partial charge on any atom is -0.507 e. The van der Waals surface area contributed by atoms with Gasteiger partial charge in [0.25, 0.3) is 17.4 Å². The van der Waals surface area contributed by atoms with Crippen molar-refractivity contribution in [2.24, 2.45) is 0 Å². The molecule has 1 saturated heterocycles. The van der Waals surface area contributed by atoms with Crippen LogP contribution in [0.4, 0.5) is 15.8 Å². The van der Waals surface area contributed by atoms with Gasteiger partial charge in [-0.1, -0.05) is 11.6 Å². The normalized spacial score (nSPS) is 17.6. The van der Waals surface area contributed by atoms with Gasteiger partial charge in [0.1, 0.15) is 11.6 Å². The smallest absolute Gasteiger partial charge is 0.300 e. The van der Waals surface area contributed by atoms with E-state index in [1.165, 1.54) is 60.7 Å². The molecule has 1 heterocycles. The Kier molecular flexibility index (Phi) is 5.46. The van der Waals surface area contributed by atoms with Gasteiger partial charge in [-0.15, -0.1) is 0 Å². The summed E-state index contributed by atoms with van der Waals surface area (Å²) in [6, 6.07) is 15.2. The summed E-state index contributed by atoms with van der Waals surface area (Å²) in [5.41, 5.74) is 0.473. The number of nitro benzene ring substituents is 1. The molecule has 1 fully saturated rings. The second-order valence-corrected chi connectivity index (χ2v) is 7.44. The van der Waals surface area contributed by atoms with Gasteiger partial charge in [0.15, 0.2) is 0 Å². The maximum atomic E-state index is 13.5. The van der Waals surface area contributed by atoms with Crippen molar-refractivity contribution >= 4 is 40.4 Å². The molecule has 160 valence electrons. The second-order valence-electron chi connectivity index (χ2n) is 7.00. The topological polar surface area (TPSA) is 101 Å². The average Bonchev–Trinajstić information content (AvgIpc) is 3.05. The van der Waals surface area contributed by atoms with Crippen molar-refractivity contribution < 1.29 is 24.0 Å². The summed E-state index contributed by atoms with van der Waals surface area (Å²) in [5, 5.41) is 22.4. The highest BCUT2D eigenvalue weighted by atomic mass is 35.5. The first-order chi connectivity index (χ1) is 15.3. The fourth-order valence-corrected chi connectivity index (χ4v) is 3.68. The Hall–Kier alpha value is -4.04. The molecule has 1 amide bonds. The quantitative estimate of drug-likeness (QED) is 0.197. The van der Waals surface area contributed by atoms with Gasteiger partial charge in [0.2, 0.25) is 0 Å². The third kappa shape index (κ3) is 3.72. The Morgan fingerprint density at radius 2 is 1.56 bits per heavy atom. The molecule has 1 atom stereocenters. The highest BCUT2D eigenvalue weighted by Gasteiger charge is 2.47. The van der Waals surface area contributed by atoms with Gasteiger partial charge < -0.3 is 5.11 Å². The van der Waals surface area contributed by atoms with Crippen molar-refractivity contribution in [1.29, 1.82) is 0 Å². The molecule has 0 bridgehead atoms. The van der Waals surface area contributed by atoms with Crippen LogP contribution in [0.25, 0.3) is 5.76 Å². The third-order valence-corrected chi connectivity index (χ3v) is 5.34. The first-order valence-corrected chi connectivity index (χ1v) is 9.72. The lowest BCUT2D eigenvalue weighted by Crippen LogP contribution is -2.29. The van der Waals surface area contributed by atoms with Crippen LogP contribution >= 0.6 is 11.6 Å². The molecule has 3 aromatic carbocycles. The van der Waals surface area contributed by atoms with E-state index in [0.717, 1.165) is 17.0 Å². The largest absolute Gasteiger partial charge is 0.507 e. The van der Waals surface area contributed by atoms with Gasteiger partial charge in [-0.2, -0.15) is 0 Å². The number of Topliss-reactive ketones (excluding diaryl/α,β-unsaturated/α-hetero) is 1. The molecule has 1 aliphatic rings. The zero-order chi connectivity index (χ0) is 23.0. The van der Waals surface area contributed by atoms with Crippen LogP contribution in [0.2, 0.25) is 5.02 Å². The first-order valence-electron chi connectivity index (χ1n) is 9.35. The van der Waals surface area contributed by atoms with E-state index in [-0.39, 0.29) is 22.5 Å². The number of ketones is 1. The van der Waals surface area contributed by atoms with Gasteiger partial charge in [-0.3, -0.25) is 24.6 Å². The molecule has 3 aromatic rings. The maximum absolute atomic E-state index is 13.5. The lowest BCUT2D eigenvalue weighted by atomic mass is 9.95.